The SMILES string of the molecule is CCNC(=NCC(CC)(CC)NC(=O)OC(C)(C)C)N1CCC(c2cnn(C)c2)C1.I. The summed E-state index contributed by atoms with van der Waals surface area (Å²) in [5.74, 6) is 1.37. The number of rotatable bonds is 7. The number of hydrogen-bond donors (Lipinski definition) is 2. The summed E-state index contributed by atoms with van der Waals surface area (Å²) in [6.07, 6.45) is 6.32. The van der Waals surface area contributed by atoms with Crippen molar-refractivity contribution in [2.75, 3.05) is 26.2 Å². The second kappa shape index (κ2) is 11.9. The van der Waals surface area contributed by atoms with E-state index in [0.29, 0.717) is 12.5 Å². The van der Waals surface area contributed by atoms with Gasteiger partial charge in [0, 0.05) is 38.8 Å². The van der Waals surface area contributed by atoms with Gasteiger partial charge < -0.3 is 20.3 Å². The third-order valence-corrected chi connectivity index (χ3v) is 5.67. The second-order valence-electron chi connectivity index (χ2n) is 9.16. The number of hydrogen-bond acceptors (Lipinski definition) is 4. The minimum atomic E-state index is -0.521. The van der Waals surface area contributed by atoms with E-state index < -0.39 is 11.1 Å². The first kappa shape index (κ1) is 27.5. The zero-order valence-electron chi connectivity index (χ0n) is 20.2. The van der Waals surface area contributed by atoms with Crippen molar-refractivity contribution in [3.63, 3.8) is 0 Å². The third-order valence-electron chi connectivity index (χ3n) is 5.67. The molecule has 178 valence electrons. The van der Waals surface area contributed by atoms with Crippen molar-refractivity contribution in [2.45, 2.75) is 77.9 Å². The zero-order valence-corrected chi connectivity index (χ0v) is 22.5. The number of ether oxygens (including phenoxy) is 1. The maximum absolute atomic E-state index is 12.4. The molecular formula is C22H41IN6O2. The average molecular weight is 549 g/mol. The Morgan fingerprint density at radius 2 is 1.97 bits per heavy atom. The first-order valence-electron chi connectivity index (χ1n) is 11.1. The largest absolute Gasteiger partial charge is 0.444 e. The second-order valence-corrected chi connectivity index (χ2v) is 9.16. The van der Waals surface area contributed by atoms with Gasteiger partial charge in [-0.05, 0) is 52.5 Å². The van der Waals surface area contributed by atoms with E-state index in [0.717, 1.165) is 44.9 Å². The Bertz CT molecular complexity index is 724. The lowest BCUT2D eigenvalue weighted by Gasteiger charge is -2.33. The molecule has 1 amide bonds. The Hall–Kier alpha value is -1.52. The number of nitrogens with one attached hydrogen (secondary N) is 2. The van der Waals surface area contributed by atoms with Crippen molar-refractivity contribution in [1.29, 1.82) is 0 Å². The van der Waals surface area contributed by atoms with E-state index in [2.05, 4.69) is 47.6 Å². The summed E-state index contributed by atoms with van der Waals surface area (Å²) in [6.45, 7) is 15.1. The minimum absolute atomic E-state index is 0. The zero-order chi connectivity index (χ0) is 22.4. The van der Waals surface area contributed by atoms with Gasteiger partial charge in [0.15, 0.2) is 5.96 Å². The fourth-order valence-electron chi connectivity index (χ4n) is 3.74. The highest BCUT2D eigenvalue weighted by atomic mass is 127. The third kappa shape index (κ3) is 8.16. The highest BCUT2D eigenvalue weighted by Gasteiger charge is 2.32. The first-order chi connectivity index (χ1) is 14.1. The number of guanidine groups is 1. The average Bonchev–Trinajstić information content (AvgIpc) is 3.31. The van der Waals surface area contributed by atoms with E-state index in [9.17, 15) is 4.79 Å². The molecular weight excluding hydrogens is 507 g/mol. The molecule has 1 aromatic heterocycles. The Morgan fingerprint density at radius 3 is 2.48 bits per heavy atom. The number of nitrogens with zero attached hydrogens (tertiary/aromatic N) is 4. The van der Waals surface area contributed by atoms with Crippen LogP contribution in [-0.2, 0) is 11.8 Å². The molecule has 1 unspecified atom stereocenters. The van der Waals surface area contributed by atoms with E-state index >= 15 is 0 Å². The van der Waals surface area contributed by atoms with Crippen LogP contribution in [0.2, 0.25) is 0 Å². The van der Waals surface area contributed by atoms with Gasteiger partial charge in [-0.25, -0.2) is 4.79 Å². The summed E-state index contributed by atoms with van der Waals surface area (Å²) < 4.78 is 7.34. The molecule has 0 aromatic carbocycles. The molecule has 9 heteroatoms. The molecule has 1 fully saturated rings. The predicted molar refractivity (Wildman–Crippen MR) is 136 cm³/mol. The van der Waals surface area contributed by atoms with E-state index in [4.69, 9.17) is 9.73 Å². The fraction of sp³-hybridized carbons (Fsp3) is 0.773. The lowest BCUT2D eigenvalue weighted by atomic mass is 9.93. The van der Waals surface area contributed by atoms with Crippen LogP contribution < -0.4 is 10.6 Å². The quantitative estimate of drug-likeness (QED) is 0.307. The molecule has 1 aliphatic heterocycles. The molecule has 2 N–H and O–H groups in total. The summed E-state index contributed by atoms with van der Waals surface area (Å²) in [5.41, 5.74) is 0.330. The number of aliphatic imine (C=N–C) groups is 1. The molecule has 0 radical (unpaired) electrons. The number of alkyl carbamates (subject to hydrolysis) is 1. The van der Waals surface area contributed by atoms with E-state index in [-0.39, 0.29) is 30.1 Å². The summed E-state index contributed by atoms with van der Waals surface area (Å²) >= 11 is 0. The highest BCUT2D eigenvalue weighted by molar-refractivity contribution is 14.0. The van der Waals surface area contributed by atoms with Crippen molar-refractivity contribution < 1.29 is 9.53 Å². The van der Waals surface area contributed by atoms with Crippen molar-refractivity contribution >= 4 is 36.0 Å². The molecule has 0 saturated carbocycles. The predicted octanol–water partition coefficient (Wildman–Crippen LogP) is 3.88. The van der Waals surface area contributed by atoms with E-state index in [1.807, 2.05) is 38.7 Å². The van der Waals surface area contributed by atoms with Crippen LogP contribution in [0.15, 0.2) is 17.4 Å². The van der Waals surface area contributed by atoms with Crippen LogP contribution >= 0.6 is 24.0 Å². The number of carbonyl (C=O) groups is 1. The van der Waals surface area contributed by atoms with Gasteiger partial charge in [-0.1, -0.05) is 13.8 Å². The van der Waals surface area contributed by atoms with Crippen molar-refractivity contribution in [3.05, 3.63) is 18.0 Å². The van der Waals surface area contributed by atoms with Gasteiger partial charge >= 0.3 is 6.09 Å². The van der Waals surface area contributed by atoms with Crippen molar-refractivity contribution in [1.82, 2.24) is 25.3 Å². The maximum Gasteiger partial charge on any atom is 0.408 e. The monoisotopic (exact) mass is 548 g/mol. The van der Waals surface area contributed by atoms with Crippen LogP contribution in [0.5, 0.6) is 0 Å². The molecule has 1 aromatic rings. The van der Waals surface area contributed by atoms with Crippen LogP contribution in [-0.4, -0.2) is 64.1 Å². The number of aryl methyl sites for hydroxylation is 1. The normalized spacial score (nSPS) is 17.3. The van der Waals surface area contributed by atoms with Crippen LogP contribution in [0.4, 0.5) is 4.79 Å². The van der Waals surface area contributed by atoms with Crippen LogP contribution in [0, 0.1) is 0 Å². The van der Waals surface area contributed by atoms with E-state index in [1.54, 1.807) is 0 Å². The lowest BCUT2D eigenvalue weighted by molar-refractivity contribution is 0.0451. The van der Waals surface area contributed by atoms with Gasteiger partial charge in [-0.2, -0.15) is 5.10 Å². The van der Waals surface area contributed by atoms with E-state index in [1.165, 1.54) is 5.56 Å². The minimum Gasteiger partial charge on any atom is -0.444 e. The molecule has 1 aliphatic rings. The molecule has 1 saturated heterocycles. The Labute approximate surface area is 204 Å². The van der Waals surface area contributed by atoms with Crippen LogP contribution in [0.3, 0.4) is 0 Å². The molecule has 0 aliphatic carbocycles. The summed E-state index contributed by atoms with van der Waals surface area (Å²) in [6, 6.07) is 0. The lowest BCUT2D eigenvalue weighted by Crippen LogP contribution is -2.52. The Balaban J connectivity index is 0.00000480. The van der Waals surface area contributed by atoms with Gasteiger partial charge in [0.1, 0.15) is 5.60 Å². The van der Waals surface area contributed by atoms with Gasteiger partial charge in [-0.3, -0.25) is 9.67 Å². The van der Waals surface area contributed by atoms with Crippen LogP contribution in [0.1, 0.15) is 72.3 Å². The molecule has 1 atom stereocenters. The maximum atomic E-state index is 12.4. The van der Waals surface area contributed by atoms with Gasteiger partial charge in [0.2, 0.25) is 0 Å². The first-order valence-corrected chi connectivity index (χ1v) is 11.1. The van der Waals surface area contributed by atoms with Gasteiger partial charge in [0.05, 0.1) is 18.3 Å². The Morgan fingerprint density at radius 1 is 1.29 bits per heavy atom. The molecule has 2 rings (SSSR count). The molecule has 0 spiro atoms. The number of halogens is 1. The smallest absolute Gasteiger partial charge is 0.408 e. The van der Waals surface area contributed by atoms with Crippen molar-refractivity contribution in [3.8, 4) is 0 Å². The summed E-state index contributed by atoms with van der Waals surface area (Å²) in [4.78, 5) is 19.6. The topological polar surface area (TPSA) is 83.8 Å². The molecule has 31 heavy (non-hydrogen) atoms. The molecule has 2 heterocycles. The number of likely N-dealkylation sites (tertiary alicyclic amines) is 1. The van der Waals surface area contributed by atoms with Crippen LogP contribution in [0.25, 0.3) is 0 Å². The van der Waals surface area contributed by atoms with Gasteiger partial charge in [-0.15, -0.1) is 24.0 Å². The summed E-state index contributed by atoms with van der Waals surface area (Å²) in [7, 11) is 1.95. The van der Waals surface area contributed by atoms with Crippen molar-refractivity contribution in [2.24, 2.45) is 12.0 Å². The standard InChI is InChI=1S/C22H40N6O2.HI/c1-8-22(9-2,26-20(29)30-21(4,5)6)16-24-19(23-10-3)28-12-11-17(15-28)18-13-25-27(7)14-18;/h13-14,17H,8-12,15-16H2,1-7H3,(H,23,24)(H,26,29);1H. The summed E-state index contributed by atoms with van der Waals surface area (Å²) in [5, 5.41) is 10.8. The molecule has 8 nitrogen and oxygen atoms in total. The number of amides is 1. The Kier molecular flexibility index (Phi) is 10.6. The van der Waals surface area contributed by atoms with Gasteiger partial charge in [0.25, 0.3) is 0 Å². The fourth-order valence-corrected chi connectivity index (χ4v) is 3.74. The number of carbonyl (C=O) groups excluding carboxylic acids is 1. The molecule has 0 bridgehead atoms. The highest BCUT2D eigenvalue weighted by Crippen LogP contribution is 2.27. The number of aromatic nitrogens is 2.